The number of hydrogen-bond donors (Lipinski definition) is 0. The molecule has 0 spiro atoms. The summed E-state index contributed by atoms with van der Waals surface area (Å²) in [4.78, 5) is 43.0. The molecule has 0 aliphatic carbocycles. The first-order chi connectivity index (χ1) is 14.9. The molecule has 2 aliphatic rings. The van der Waals surface area contributed by atoms with E-state index < -0.39 is 28.8 Å². The first-order valence-electron chi connectivity index (χ1n) is 9.07. The van der Waals surface area contributed by atoms with Gasteiger partial charge >= 0.3 is 0 Å². The molecule has 0 N–H and O–H groups in total. The van der Waals surface area contributed by atoms with Crippen LogP contribution in [-0.2, 0) is 14.4 Å². The van der Waals surface area contributed by atoms with E-state index in [1.165, 1.54) is 33.5 Å². The van der Waals surface area contributed by atoms with Crippen molar-refractivity contribution in [1.29, 1.82) is 0 Å². The first kappa shape index (κ1) is 20.1. The standard InChI is InChI=1S/C20H17N3O8/c1-28-11-5-6-12(15(9-11)30-3)17-16-18(31-21-17)20(25)22(19(16)24)13-8-10(23(26)27)4-7-14(13)29-2/h4-9,16,18H,1-3H3/t16-,18-/m1/s1. The molecule has 2 aromatic carbocycles. The zero-order valence-electron chi connectivity index (χ0n) is 16.7. The smallest absolute Gasteiger partial charge is 0.279 e. The average molecular weight is 427 g/mol. The summed E-state index contributed by atoms with van der Waals surface area (Å²) in [6.07, 6.45) is -1.20. The maximum absolute atomic E-state index is 13.3. The van der Waals surface area contributed by atoms with Gasteiger partial charge in [0.1, 0.15) is 34.6 Å². The average Bonchev–Trinajstić information content (AvgIpc) is 3.32. The molecule has 0 unspecified atom stereocenters. The van der Waals surface area contributed by atoms with Gasteiger partial charge in [-0.15, -0.1) is 0 Å². The molecule has 4 rings (SSSR count). The Kier molecular flexibility index (Phi) is 4.93. The molecule has 160 valence electrons. The van der Waals surface area contributed by atoms with Crippen LogP contribution >= 0.6 is 0 Å². The molecule has 0 radical (unpaired) electrons. The SMILES string of the molecule is COc1ccc(C2=NO[C@H]3C(=O)N(c4cc([N+](=O)[O-])ccc4OC)C(=O)[C@H]23)c(OC)c1. The number of anilines is 1. The molecule has 2 heterocycles. The fraction of sp³-hybridized carbons (Fsp3) is 0.250. The molecule has 0 bridgehead atoms. The van der Waals surface area contributed by atoms with Gasteiger partial charge < -0.3 is 19.0 Å². The Hall–Kier alpha value is -4.15. The number of ether oxygens (including phenoxy) is 3. The maximum atomic E-state index is 13.3. The van der Waals surface area contributed by atoms with E-state index in [2.05, 4.69) is 5.16 Å². The highest BCUT2D eigenvalue weighted by Gasteiger charge is 2.57. The van der Waals surface area contributed by atoms with E-state index in [0.717, 1.165) is 11.0 Å². The zero-order valence-corrected chi connectivity index (χ0v) is 16.7. The van der Waals surface area contributed by atoms with Crippen molar-refractivity contribution in [2.45, 2.75) is 6.10 Å². The highest BCUT2D eigenvalue weighted by molar-refractivity contribution is 6.33. The number of nitro benzene ring substituents is 1. The predicted molar refractivity (Wildman–Crippen MR) is 107 cm³/mol. The third kappa shape index (κ3) is 3.10. The van der Waals surface area contributed by atoms with E-state index in [1.54, 1.807) is 18.2 Å². The lowest BCUT2D eigenvalue weighted by molar-refractivity contribution is -0.384. The van der Waals surface area contributed by atoms with Crippen molar-refractivity contribution in [3.8, 4) is 17.2 Å². The summed E-state index contributed by atoms with van der Waals surface area (Å²) in [5, 5.41) is 15.2. The number of amides is 2. The van der Waals surface area contributed by atoms with Gasteiger partial charge in [-0.25, -0.2) is 4.90 Å². The number of rotatable bonds is 6. The molecule has 1 fully saturated rings. The van der Waals surface area contributed by atoms with Crippen LogP contribution in [0.3, 0.4) is 0 Å². The lowest BCUT2D eigenvalue weighted by Gasteiger charge is -2.18. The summed E-state index contributed by atoms with van der Waals surface area (Å²) in [5.41, 5.74) is 0.352. The highest BCUT2D eigenvalue weighted by Crippen LogP contribution is 2.41. The molecule has 0 aromatic heterocycles. The van der Waals surface area contributed by atoms with Gasteiger partial charge in [-0.2, -0.15) is 0 Å². The Morgan fingerprint density at radius 3 is 2.39 bits per heavy atom. The van der Waals surface area contributed by atoms with Crippen LogP contribution in [0.5, 0.6) is 17.2 Å². The molecule has 2 amide bonds. The van der Waals surface area contributed by atoms with E-state index >= 15 is 0 Å². The molecule has 2 aromatic rings. The number of imide groups is 1. The summed E-state index contributed by atoms with van der Waals surface area (Å²) >= 11 is 0. The number of hydrogen-bond acceptors (Lipinski definition) is 9. The van der Waals surface area contributed by atoms with Gasteiger partial charge in [-0.1, -0.05) is 5.16 Å². The number of nitro groups is 1. The number of methoxy groups -OCH3 is 3. The van der Waals surface area contributed by atoms with E-state index in [0.29, 0.717) is 17.1 Å². The Labute approximate surface area is 175 Å². The van der Waals surface area contributed by atoms with Crippen LogP contribution in [0.25, 0.3) is 0 Å². The molecule has 11 heteroatoms. The molecular formula is C20H17N3O8. The maximum Gasteiger partial charge on any atom is 0.279 e. The molecular weight excluding hydrogens is 410 g/mol. The lowest BCUT2D eigenvalue weighted by atomic mass is 9.93. The van der Waals surface area contributed by atoms with Crippen molar-refractivity contribution in [2.75, 3.05) is 26.2 Å². The van der Waals surface area contributed by atoms with Crippen LogP contribution in [0.4, 0.5) is 11.4 Å². The number of benzene rings is 2. The fourth-order valence-corrected chi connectivity index (χ4v) is 3.61. The van der Waals surface area contributed by atoms with Crippen molar-refractivity contribution < 1.29 is 33.6 Å². The molecule has 1 saturated heterocycles. The van der Waals surface area contributed by atoms with Gasteiger partial charge in [0.2, 0.25) is 12.0 Å². The number of non-ortho nitro benzene ring substituents is 1. The van der Waals surface area contributed by atoms with Crippen LogP contribution in [0, 0.1) is 16.0 Å². The van der Waals surface area contributed by atoms with Gasteiger partial charge in [0.05, 0.1) is 26.3 Å². The Morgan fingerprint density at radius 1 is 1.00 bits per heavy atom. The van der Waals surface area contributed by atoms with E-state index in [4.69, 9.17) is 19.0 Å². The van der Waals surface area contributed by atoms with E-state index in [1.807, 2.05) is 0 Å². The highest BCUT2D eigenvalue weighted by atomic mass is 16.7. The third-order valence-corrected chi connectivity index (χ3v) is 5.11. The number of carbonyl (C=O) groups excluding carboxylic acids is 2. The van der Waals surface area contributed by atoms with Gasteiger partial charge in [-0.3, -0.25) is 19.7 Å². The van der Waals surface area contributed by atoms with Crippen molar-refractivity contribution in [3.63, 3.8) is 0 Å². The molecule has 31 heavy (non-hydrogen) atoms. The fourth-order valence-electron chi connectivity index (χ4n) is 3.61. The van der Waals surface area contributed by atoms with E-state index in [9.17, 15) is 19.7 Å². The van der Waals surface area contributed by atoms with Crippen LogP contribution in [0.15, 0.2) is 41.6 Å². The summed E-state index contributed by atoms with van der Waals surface area (Å²) in [6, 6.07) is 8.59. The second-order valence-corrected chi connectivity index (χ2v) is 6.67. The molecule has 2 aliphatic heterocycles. The normalized spacial score (nSPS) is 19.6. The number of oxime groups is 1. The summed E-state index contributed by atoms with van der Waals surface area (Å²) in [6.45, 7) is 0. The molecule has 11 nitrogen and oxygen atoms in total. The zero-order chi connectivity index (χ0) is 22.3. The van der Waals surface area contributed by atoms with E-state index in [-0.39, 0.29) is 22.8 Å². The second kappa shape index (κ2) is 7.59. The predicted octanol–water partition coefficient (Wildman–Crippen LogP) is 1.91. The minimum Gasteiger partial charge on any atom is -0.497 e. The van der Waals surface area contributed by atoms with Crippen LogP contribution in [0.2, 0.25) is 0 Å². The Bertz CT molecular complexity index is 1130. The van der Waals surface area contributed by atoms with Gasteiger partial charge in [0, 0.05) is 23.8 Å². The third-order valence-electron chi connectivity index (χ3n) is 5.11. The first-order valence-corrected chi connectivity index (χ1v) is 9.07. The van der Waals surface area contributed by atoms with Crippen molar-refractivity contribution in [3.05, 3.63) is 52.1 Å². The van der Waals surface area contributed by atoms with Crippen molar-refractivity contribution in [1.82, 2.24) is 0 Å². The monoisotopic (exact) mass is 427 g/mol. The number of fused-ring (bicyclic) bond motifs is 1. The minimum absolute atomic E-state index is 0.0363. The quantitative estimate of drug-likeness (QED) is 0.388. The Morgan fingerprint density at radius 2 is 1.74 bits per heavy atom. The lowest BCUT2D eigenvalue weighted by Crippen LogP contribution is -2.33. The Balaban J connectivity index is 1.76. The van der Waals surface area contributed by atoms with Crippen LogP contribution in [0.1, 0.15) is 5.56 Å². The number of nitrogens with zero attached hydrogens (tertiary/aromatic N) is 3. The topological polar surface area (TPSA) is 130 Å². The minimum atomic E-state index is -1.20. The number of carbonyl (C=O) groups is 2. The van der Waals surface area contributed by atoms with Gasteiger partial charge in [-0.05, 0) is 18.2 Å². The van der Waals surface area contributed by atoms with Crippen molar-refractivity contribution >= 4 is 28.9 Å². The summed E-state index contributed by atoms with van der Waals surface area (Å²) < 4.78 is 15.8. The summed E-state index contributed by atoms with van der Waals surface area (Å²) in [5.74, 6) is -1.32. The molecule has 0 saturated carbocycles. The van der Waals surface area contributed by atoms with Crippen LogP contribution < -0.4 is 19.1 Å². The van der Waals surface area contributed by atoms with Gasteiger partial charge in [0.15, 0.2) is 0 Å². The summed E-state index contributed by atoms with van der Waals surface area (Å²) in [7, 11) is 4.29. The van der Waals surface area contributed by atoms with Crippen molar-refractivity contribution in [2.24, 2.45) is 11.1 Å². The van der Waals surface area contributed by atoms with Crippen LogP contribution in [-0.4, -0.2) is 49.9 Å². The largest absolute Gasteiger partial charge is 0.497 e. The van der Waals surface area contributed by atoms with Gasteiger partial charge in [0.25, 0.3) is 11.6 Å². The molecule has 2 atom stereocenters. The second-order valence-electron chi connectivity index (χ2n) is 6.67.